The maximum atomic E-state index is 12.7. The molecule has 8 heteroatoms. The number of fused-ring (bicyclic) bond motifs is 1. The Morgan fingerprint density at radius 2 is 1.96 bits per heavy atom. The van der Waals surface area contributed by atoms with Crippen molar-refractivity contribution < 1.29 is 9.59 Å². The number of aromatic nitrogens is 3. The van der Waals surface area contributed by atoms with Crippen LogP contribution in [0.15, 0.2) is 41.9 Å². The Hall–Kier alpha value is -3.00. The third-order valence-corrected chi connectivity index (χ3v) is 4.99. The van der Waals surface area contributed by atoms with Gasteiger partial charge in [-0.2, -0.15) is 0 Å². The number of nitrogens with two attached hydrogens (primary N) is 1. The fourth-order valence-electron chi connectivity index (χ4n) is 2.88. The second-order valence-corrected chi connectivity index (χ2v) is 6.56. The van der Waals surface area contributed by atoms with E-state index in [1.807, 2.05) is 35.7 Å². The van der Waals surface area contributed by atoms with Gasteiger partial charge in [0.2, 0.25) is 0 Å². The zero-order valence-electron chi connectivity index (χ0n) is 13.3. The number of primary amides is 1. The van der Waals surface area contributed by atoms with E-state index in [-0.39, 0.29) is 5.91 Å². The van der Waals surface area contributed by atoms with Crippen LogP contribution in [0.5, 0.6) is 0 Å². The number of amides is 2. The van der Waals surface area contributed by atoms with Crippen molar-refractivity contribution in [3.05, 3.63) is 58.4 Å². The zero-order chi connectivity index (χ0) is 17.4. The Kier molecular flexibility index (Phi) is 3.81. The number of hydrogen-bond donors (Lipinski definition) is 1. The van der Waals surface area contributed by atoms with E-state index in [1.165, 1.54) is 17.5 Å². The van der Waals surface area contributed by atoms with E-state index in [2.05, 4.69) is 9.97 Å². The fraction of sp³-hybridized carbons (Fsp3) is 0.176. The molecule has 0 atom stereocenters. The van der Waals surface area contributed by atoms with Crippen molar-refractivity contribution in [3.63, 3.8) is 0 Å². The van der Waals surface area contributed by atoms with Gasteiger partial charge in [0.25, 0.3) is 11.8 Å². The minimum absolute atomic E-state index is 0.123. The smallest absolute Gasteiger partial charge is 0.283 e. The Labute approximate surface area is 147 Å². The van der Waals surface area contributed by atoms with Crippen LogP contribution in [-0.4, -0.2) is 37.8 Å². The minimum atomic E-state index is -0.508. The lowest BCUT2D eigenvalue weighted by Crippen LogP contribution is -2.39. The highest BCUT2D eigenvalue weighted by Gasteiger charge is 2.27. The van der Waals surface area contributed by atoms with Gasteiger partial charge in [-0.3, -0.25) is 9.59 Å². The molecule has 3 heterocycles. The Morgan fingerprint density at radius 3 is 2.72 bits per heavy atom. The van der Waals surface area contributed by atoms with Gasteiger partial charge in [-0.25, -0.2) is 9.97 Å². The molecule has 1 aliphatic heterocycles. The third-order valence-electron chi connectivity index (χ3n) is 4.16. The largest absolute Gasteiger partial charge is 0.364 e. The van der Waals surface area contributed by atoms with Crippen molar-refractivity contribution >= 4 is 23.2 Å². The van der Waals surface area contributed by atoms with Gasteiger partial charge in [0.05, 0.1) is 18.4 Å². The number of benzene rings is 1. The molecule has 0 spiro atoms. The molecule has 0 saturated heterocycles. The second-order valence-electron chi connectivity index (χ2n) is 5.71. The van der Waals surface area contributed by atoms with Crippen LogP contribution in [0, 0.1) is 0 Å². The Bertz CT molecular complexity index is 947. The molecular formula is C17H15N5O2S. The zero-order valence-corrected chi connectivity index (χ0v) is 14.1. The molecule has 0 fully saturated rings. The molecule has 0 bridgehead atoms. The number of nitrogens with zero attached hydrogens (tertiary/aromatic N) is 4. The minimum Gasteiger partial charge on any atom is -0.364 e. The monoisotopic (exact) mass is 353 g/mol. The molecule has 1 aliphatic rings. The highest BCUT2D eigenvalue weighted by Crippen LogP contribution is 2.24. The van der Waals surface area contributed by atoms with Crippen LogP contribution >= 0.6 is 11.3 Å². The molecule has 25 heavy (non-hydrogen) atoms. The molecule has 3 aromatic rings. The van der Waals surface area contributed by atoms with E-state index >= 15 is 0 Å². The second kappa shape index (κ2) is 6.14. The summed E-state index contributed by atoms with van der Waals surface area (Å²) < 4.78 is 1.77. The summed E-state index contributed by atoms with van der Waals surface area (Å²) in [6.07, 6.45) is 1.46. The molecule has 1 aromatic carbocycles. The average molecular weight is 353 g/mol. The van der Waals surface area contributed by atoms with Gasteiger partial charge in [-0.05, 0) is 0 Å². The standard InChI is InChI=1S/C17H15N5O2S/c18-15(23)13-8-19-14-9-21(6-7-22(13)14)17(24)16-20-12(10-25-16)11-4-2-1-3-5-11/h1-5,8,10H,6-7,9H2,(H2,18,23). The molecule has 0 aliphatic carbocycles. The van der Waals surface area contributed by atoms with Crippen LogP contribution in [-0.2, 0) is 13.1 Å². The van der Waals surface area contributed by atoms with Crippen LogP contribution in [0.4, 0.5) is 0 Å². The van der Waals surface area contributed by atoms with Gasteiger partial charge >= 0.3 is 0 Å². The molecular weight excluding hydrogens is 338 g/mol. The highest BCUT2D eigenvalue weighted by molar-refractivity contribution is 7.12. The lowest BCUT2D eigenvalue weighted by Gasteiger charge is -2.27. The number of imidazole rings is 1. The molecule has 4 rings (SSSR count). The van der Waals surface area contributed by atoms with E-state index in [0.717, 1.165) is 11.3 Å². The van der Waals surface area contributed by atoms with E-state index in [4.69, 9.17) is 5.73 Å². The van der Waals surface area contributed by atoms with Crippen molar-refractivity contribution in [1.29, 1.82) is 0 Å². The van der Waals surface area contributed by atoms with E-state index in [1.54, 1.807) is 9.47 Å². The normalized spacial score (nSPS) is 13.5. The van der Waals surface area contributed by atoms with Crippen molar-refractivity contribution in [2.75, 3.05) is 6.54 Å². The average Bonchev–Trinajstić information content (AvgIpc) is 3.28. The molecule has 0 radical (unpaired) electrons. The summed E-state index contributed by atoms with van der Waals surface area (Å²) in [5.74, 6) is 0.0289. The van der Waals surface area contributed by atoms with Crippen molar-refractivity contribution in [2.45, 2.75) is 13.1 Å². The summed E-state index contributed by atoms with van der Waals surface area (Å²) in [4.78, 5) is 34.5. The number of carbonyl (C=O) groups excluding carboxylic acids is 2. The van der Waals surface area contributed by atoms with E-state index in [0.29, 0.717) is 36.2 Å². The van der Waals surface area contributed by atoms with Crippen LogP contribution in [0.1, 0.15) is 26.1 Å². The van der Waals surface area contributed by atoms with Gasteiger partial charge in [0.15, 0.2) is 5.01 Å². The summed E-state index contributed by atoms with van der Waals surface area (Å²) in [5, 5.41) is 2.34. The van der Waals surface area contributed by atoms with Gasteiger partial charge in [0.1, 0.15) is 11.5 Å². The van der Waals surface area contributed by atoms with Crippen molar-refractivity contribution in [2.24, 2.45) is 5.73 Å². The van der Waals surface area contributed by atoms with Gasteiger partial charge in [0, 0.05) is 24.0 Å². The lowest BCUT2D eigenvalue weighted by molar-refractivity contribution is 0.0706. The van der Waals surface area contributed by atoms with Crippen LogP contribution in [0.2, 0.25) is 0 Å². The van der Waals surface area contributed by atoms with Crippen LogP contribution in [0.25, 0.3) is 11.3 Å². The van der Waals surface area contributed by atoms with Gasteiger partial charge in [-0.1, -0.05) is 30.3 Å². The number of carbonyl (C=O) groups is 2. The van der Waals surface area contributed by atoms with Crippen molar-refractivity contribution in [1.82, 2.24) is 19.4 Å². The Morgan fingerprint density at radius 1 is 1.16 bits per heavy atom. The summed E-state index contributed by atoms with van der Waals surface area (Å²) in [6.45, 7) is 1.32. The highest BCUT2D eigenvalue weighted by atomic mass is 32.1. The quantitative estimate of drug-likeness (QED) is 0.776. The summed E-state index contributed by atoms with van der Waals surface area (Å²) in [5.41, 5.74) is 7.49. The third kappa shape index (κ3) is 2.80. The molecule has 7 nitrogen and oxygen atoms in total. The predicted molar refractivity (Wildman–Crippen MR) is 93.0 cm³/mol. The van der Waals surface area contributed by atoms with E-state index < -0.39 is 5.91 Å². The Balaban J connectivity index is 1.54. The molecule has 0 unspecified atom stereocenters. The SMILES string of the molecule is NC(=O)c1cnc2n1CCN(C(=O)c1nc(-c3ccccc3)cs1)C2. The van der Waals surface area contributed by atoms with Crippen LogP contribution < -0.4 is 5.73 Å². The first-order chi connectivity index (χ1) is 12.1. The number of hydrogen-bond acceptors (Lipinski definition) is 5. The maximum Gasteiger partial charge on any atom is 0.283 e. The van der Waals surface area contributed by atoms with Crippen LogP contribution in [0.3, 0.4) is 0 Å². The predicted octanol–water partition coefficient (Wildman–Crippen LogP) is 1.76. The summed E-state index contributed by atoms with van der Waals surface area (Å²) in [7, 11) is 0. The van der Waals surface area contributed by atoms with Gasteiger partial charge < -0.3 is 15.2 Å². The first-order valence-electron chi connectivity index (χ1n) is 7.78. The first-order valence-corrected chi connectivity index (χ1v) is 8.66. The number of rotatable bonds is 3. The fourth-order valence-corrected chi connectivity index (χ4v) is 3.67. The summed E-state index contributed by atoms with van der Waals surface area (Å²) in [6, 6.07) is 9.75. The maximum absolute atomic E-state index is 12.7. The first kappa shape index (κ1) is 15.5. The topological polar surface area (TPSA) is 94.1 Å². The lowest BCUT2D eigenvalue weighted by atomic mass is 10.2. The molecule has 2 amide bonds. The molecule has 2 N–H and O–H groups in total. The number of thiazole rings is 1. The van der Waals surface area contributed by atoms with E-state index in [9.17, 15) is 9.59 Å². The molecule has 0 saturated carbocycles. The molecule has 2 aromatic heterocycles. The summed E-state index contributed by atoms with van der Waals surface area (Å²) >= 11 is 1.33. The van der Waals surface area contributed by atoms with Crippen molar-refractivity contribution in [3.8, 4) is 11.3 Å². The van der Waals surface area contributed by atoms with Gasteiger partial charge in [-0.15, -0.1) is 11.3 Å². The molecule has 126 valence electrons.